The Morgan fingerprint density at radius 3 is 2.06 bits per heavy atom. The Morgan fingerprint density at radius 2 is 1.42 bits per heavy atom. The third kappa shape index (κ3) is 4.99. The van der Waals surface area contributed by atoms with Crippen molar-refractivity contribution in [1.29, 1.82) is 0 Å². The van der Waals surface area contributed by atoms with Crippen LogP contribution < -0.4 is 15.0 Å². The fourth-order valence-corrected chi connectivity index (χ4v) is 3.07. The minimum absolute atomic E-state index is 0.317. The molecule has 1 fully saturated rings. The van der Waals surface area contributed by atoms with Crippen molar-refractivity contribution < 1.29 is 19.1 Å². The number of rotatable bonds is 6. The van der Waals surface area contributed by atoms with Gasteiger partial charge in [-0.05, 0) is 60.7 Å². The number of urea groups is 1. The monoisotopic (exact) mass is 441 g/mol. The van der Waals surface area contributed by atoms with E-state index in [4.69, 9.17) is 4.74 Å². The minimum atomic E-state index is -1.25. The third-order valence-electron chi connectivity index (χ3n) is 4.79. The van der Waals surface area contributed by atoms with Crippen LogP contribution in [-0.2, 0) is 9.59 Å². The second-order valence-corrected chi connectivity index (χ2v) is 6.97. The molecule has 4 amide bonds. The van der Waals surface area contributed by atoms with E-state index in [2.05, 4.69) is 20.5 Å². The number of carbonyl (C=O) groups is 3. The topological polar surface area (TPSA) is 113 Å². The molecule has 1 aliphatic rings. The lowest BCUT2D eigenvalue weighted by molar-refractivity contribution is -0.131. The average Bonchev–Trinajstić information content (AvgIpc) is 2.84. The summed E-state index contributed by atoms with van der Waals surface area (Å²) in [7, 11) is 1.51. The number of amides is 4. The summed E-state index contributed by atoms with van der Waals surface area (Å²) in [6.45, 7) is 0. The molecule has 3 aromatic rings. The van der Waals surface area contributed by atoms with Crippen LogP contribution >= 0.6 is 0 Å². The van der Waals surface area contributed by atoms with Crippen molar-refractivity contribution in [3.05, 3.63) is 78.9 Å². The van der Waals surface area contributed by atoms with Crippen molar-refractivity contribution in [2.24, 2.45) is 21.1 Å². The summed E-state index contributed by atoms with van der Waals surface area (Å²) in [4.78, 5) is 42.6. The highest BCUT2D eigenvalue weighted by molar-refractivity contribution is 6.32. The molecule has 1 aliphatic heterocycles. The van der Waals surface area contributed by atoms with Crippen molar-refractivity contribution in [2.45, 2.75) is 0 Å². The molecule has 164 valence electrons. The van der Waals surface area contributed by atoms with Crippen molar-refractivity contribution in [1.82, 2.24) is 5.32 Å². The number of anilines is 1. The van der Waals surface area contributed by atoms with Crippen molar-refractivity contribution in [3.8, 4) is 5.75 Å². The lowest BCUT2D eigenvalue weighted by Crippen LogP contribution is -2.58. The molecule has 1 atom stereocenters. The SMILES string of the molecule is COc1ccc(N2C(=O)NC(=O)[C@@H](C=Nc3ccc(N=Nc4ccccc4)cc3)C2=O)cc1. The van der Waals surface area contributed by atoms with Crippen molar-refractivity contribution in [2.75, 3.05) is 12.0 Å². The van der Waals surface area contributed by atoms with Gasteiger partial charge in [0.2, 0.25) is 5.91 Å². The summed E-state index contributed by atoms with van der Waals surface area (Å²) in [6, 6.07) is 21.7. The maximum absolute atomic E-state index is 12.9. The molecular formula is C24H19N5O4. The first-order chi connectivity index (χ1) is 16.0. The van der Waals surface area contributed by atoms with Crippen LogP contribution in [0, 0.1) is 5.92 Å². The molecular weight excluding hydrogens is 422 g/mol. The van der Waals surface area contributed by atoms with Gasteiger partial charge in [0, 0.05) is 6.21 Å². The van der Waals surface area contributed by atoms with E-state index in [1.54, 1.807) is 48.5 Å². The molecule has 0 unspecified atom stereocenters. The number of nitrogens with one attached hydrogen (secondary N) is 1. The van der Waals surface area contributed by atoms with Crippen molar-refractivity contribution >= 4 is 46.8 Å². The van der Waals surface area contributed by atoms with Gasteiger partial charge in [-0.2, -0.15) is 10.2 Å². The van der Waals surface area contributed by atoms with Crippen LogP contribution in [0.25, 0.3) is 0 Å². The molecule has 9 heteroatoms. The fraction of sp³-hybridized carbons (Fsp3) is 0.0833. The molecule has 4 rings (SSSR count). The number of benzene rings is 3. The number of barbiturate groups is 1. The Morgan fingerprint density at radius 1 is 0.818 bits per heavy atom. The maximum atomic E-state index is 12.9. The third-order valence-corrected chi connectivity index (χ3v) is 4.79. The first-order valence-corrected chi connectivity index (χ1v) is 9.99. The number of hydrogen-bond donors (Lipinski definition) is 1. The zero-order valence-corrected chi connectivity index (χ0v) is 17.6. The molecule has 0 saturated carbocycles. The van der Waals surface area contributed by atoms with Gasteiger partial charge in [-0.15, -0.1) is 0 Å². The van der Waals surface area contributed by atoms with E-state index in [1.807, 2.05) is 30.3 Å². The van der Waals surface area contributed by atoms with E-state index in [0.717, 1.165) is 10.6 Å². The normalized spacial score (nSPS) is 16.5. The molecule has 0 aromatic heterocycles. The van der Waals surface area contributed by atoms with Gasteiger partial charge >= 0.3 is 6.03 Å². The van der Waals surface area contributed by atoms with E-state index < -0.39 is 23.8 Å². The van der Waals surface area contributed by atoms with Crippen LogP contribution in [0.2, 0.25) is 0 Å². The number of azo groups is 1. The van der Waals surface area contributed by atoms with Gasteiger partial charge in [0.05, 0.1) is 29.9 Å². The summed E-state index contributed by atoms with van der Waals surface area (Å²) in [5.74, 6) is -2.09. The van der Waals surface area contributed by atoms with Crippen LogP contribution in [0.1, 0.15) is 0 Å². The Bertz CT molecular complexity index is 1220. The fourth-order valence-electron chi connectivity index (χ4n) is 3.07. The van der Waals surface area contributed by atoms with Gasteiger partial charge < -0.3 is 4.74 Å². The predicted molar refractivity (Wildman–Crippen MR) is 123 cm³/mol. The first kappa shape index (κ1) is 21.6. The maximum Gasteiger partial charge on any atom is 0.335 e. The average molecular weight is 441 g/mol. The van der Waals surface area contributed by atoms with Gasteiger partial charge in [-0.1, -0.05) is 18.2 Å². The highest BCUT2D eigenvalue weighted by Crippen LogP contribution is 2.24. The summed E-state index contributed by atoms with van der Waals surface area (Å²) >= 11 is 0. The molecule has 0 spiro atoms. The van der Waals surface area contributed by atoms with Gasteiger partial charge in [0.1, 0.15) is 5.75 Å². The summed E-state index contributed by atoms with van der Waals surface area (Å²) in [6.07, 6.45) is 1.22. The molecule has 1 heterocycles. The Balaban J connectivity index is 1.48. The lowest BCUT2D eigenvalue weighted by atomic mass is 10.1. The molecule has 1 N–H and O–H groups in total. The number of hydrogen-bond acceptors (Lipinski definition) is 7. The van der Waals surface area contributed by atoms with Crippen LogP contribution in [0.4, 0.5) is 27.5 Å². The van der Waals surface area contributed by atoms with Gasteiger partial charge in [0.25, 0.3) is 5.91 Å². The van der Waals surface area contributed by atoms with Crippen molar-refractivity contribution in [3.63, 3.8) is 0 Å². The molecule has 0 bridgehead atoms. The van der Waals surface area contributed by atoms with E-state index in [0.29, 0.717) is 22.8 Å². The Labute approximate surface area is 189 Å². The molecule has 0 radical (unpaired) electrons. The van der Waals surface area contributed by atoms with Crippen LogP contribution in [0.5, 0.6) is 5.75 Å². The van der Waals surface area contributed by atoms with E-state index in [9.17, 15) is 14.4 Å². The van der Waals surface area contributed by atoms with Gasteiger partial charge in [-0.3, -0.25) is 19.9 Å². The smallest absolute Gasteiger partial charge is 0.335 e. The number of aliphatic imine (C=N–C) groups is 1. The van der Waals surface area contributed by atoms with Crippen LogP contribution in [-0.4, -0.2) is 31.2 Å². The number of imide groups is 2. The summed E-state index contributed by atoms with van der Waals surface area (Å²) in [5, 5.41) is 10.5. The molecule has 9 nitrogen and oxygen atoms in total. The van der Waals surface area contributed by atoms with Gasteiger partial charge in [-0.25, -0.2) is 9.69 Å². The first-order valence-electron chi connectivity index (χ1n) is 9.99. The second kappa shape index (κ2) is 9.65. The zero-order chi connectivity index (χ0) is 23.2. The largest absolute Gasteiger partial charge is 0.497 e. The molecule has 3 aromatic carbocycles. The number of methoxy groups -OCH3 is 1. The second-order valence-electron chi connectivity index (χ2n) is 6.97. The standard InChI is InChI=1S/C24H19N5O4/c1-33-20-13-11-19(12-14-20)29-23(31)21(22(30)26-24(29)32)15-25-16-7-9-18(10-8-16)28-27-17-5-3-2-4-6-17/h2-15,21H,1H3,(H,26,30,32)/t21-/m1/s1. The minimum Gasteiger partial charge on any atom is -0.497 e. The highest BCUT2D eigenvalue weighted by Gasteiger charge is 2.40. The Kier molecular flexibility index (Phi) is 6.31. The van der Waals surface area contributed by atoms with E-state index >= 15 is 0 Å². The lowest BCUT2D eigenvalue weighted by Gasteiger charge is -2.28. The zero-order valence-electron chi connectivity index (χ0n) is 17.6. The highest BCUT2D eigenvalue weighted by atomic mass is 16.5. The number of nitrogens with zero attached hydrogens (tertiary/aromatic N) is 4. The van der Waals surface area contributed by atoms with Gasteiger partial charge in [0.15, 0.2) is 5.92 Å². The van der Waals surface area contributed by atoms with E-state index in [-0.39, 0.29) is 0 Å². The molecule has 0 aliphatic carbocycles. The number of carbonyl (C=O) groups excluding carboxylic acids is 3. The van der Waals surface area contributed by atoms with E-state index in [1.165, 1.54) is 13.3 Å². The van der Waals surface area contributed by atoms with Crippen LogP contribution in [0.3, 0.4) is 0 Å². The summed E-state index contributed by atoms with van der Waals surface area (Å²) in [5.41, 5.74) is 2.19. The van der Waals surface area contributed by atoms with Crippen LogP contribution in [0.15, 0.2) is 94.1 Å². The summed E-state index contributed by atoms with van der Waals surface area (Å²) < 4.78 is 5.09. The number of ether oxygens (including phenoxy) is 1. The Hall–Kier alpha value is -4.66. The molecule has 1 saturated heterocycles. The molecule has 33 heavy (non-hydrogen) atoms. The quantitative estimate of drug-likeness (QED) is 0.339. The predicted octanol–water partition coefficient (Wildman–Crippen LogP) is 4.71.